The van der Waals surface area contributed by atoms with Gasteiger partial charge in [0.25, 0.3) is 0 Å². The Hall–Kier alpha value is -3.40. The summed E-state index contributed by atoms with van der Waals surface area (Å²) in [6, 6.07) is 3.66. The van der Waals surface area contributed by atoms with Crippen LogP contribution in [-0.2, 0) is 38.1 Å². The third-order valence-electron chi connectivity index (χ3n) is 6.31. The lowest BCUT2D eigenvalue weighted by Crippen LogP contribution is -2.62. The summed E-state index contributed by atoms with van der Waals surface area (Å²) < 4.78 is 35.2. The minimum absolute atomic E-state index is 0.0116. The minimum Gasteiger partial charge on any atom is -0.456 e. The van der Waals surface area contributed by atoms with Crippen molar-refractivity contribution in [3.8, 4) is 11.5 Å². The Balaban J connectivity index is 2.68. The summed E-state index contributed by atoms with van der Waals surface area (Å²) in [6.07, 6.45) is -4.16. The van der Waals surface area contributed by atoms with Crippen LogP contribution in [0.3, 0.4) is 0 Å². The maximum atomic E-state index is 13.0. The number of aryl methyl sites for hydroxylation is 1. The molecule has 1 heterocycles. The number of carbonyl (C=O) groups excluding carboxylic acids is 4. The number of benzene rings is 1. The number of carbonyl (C=O) groups is 4. The van der Waals surface area contributed by atoms with Crippen molar-refractivity contribution in [3.05, 3.63) is 34.9 Å². The van der Waals surface area contributed by atoms with Crippen LogP contribution in [0.25, 0.3) is 0 Å². The summed E-state index contributed by atoms with van der Waals surface area (Å²) >= 11 is 0. The molecule has 2 rings (SSSR count). The zero-order valence-corrected chi connectivity index (χ0v) is 25.1. The van der Waals surface area contributed by atoms with Gasteiger partial charge in [0.15, 0.2) is 23.7 Å². The third kappa shape index (κ3) is 8.55. The number of esters is 4. The average Bonchev–Trinajstić information content (AvgIpc) is 2.83. The van der Waals surface area contributed by atoms with E-state index in [4.69, 9.17) is 28.4 Å². The van der Waals surface area contributed by atoms with Gasteiger partial charge in [0.2, 0.25) is 12.4 Å². The second-order valence-electron chi connectivity index (χ2n) is 10.7. The Morgan fingerprint density at radius 1 is 0.900 bits per heavy atom. The van der Waals surface area contributed by atoms with Crippen LogP contribution in [0, 0.1) is 12.8 Å². The van der Waals surface area contributed by atoms with Gasteiger partial charge in [-0.15, -0.1) is 0 Å². The van der Waals surface area contributed by atoms with E-state index in [9.17, 15) is 19.2 Å². The van der Waals surface area contributed by atoms with E-state index in [1.165, 1.54) is 13.8 Å². The average molecular weight is 563 g/mol. The second-order valence-corrected chi connectivity index (χ2v) is 10.7. The minimum atomic E-state index is -1.34. The molecule has 10 nitrogen and oxygen atoms in total. The van der Waals surface area contributed by atoms with Crippen LogP contribution in [-0.4, -0.2) is 54.6 Å². The van der Waals surface area contributed by atoms with Gasteiger partial charge in [-0.2, -0.15) is 0 Å². The predicted octanol–water partition coefficient (Wildman–Crippen LogP) is 4.93. The van der Waals surface area contributed by atoms with Crippen LogP contribution in [0.2, 0.25) is 0 Å². The number of ether oxygens (including phenoxy) is 6. The Morgan fingerprint density at radius 3 is 2.08 bits per heavy atom. The van der Waals surface area contributed by atoms with Crippen LogP contribution < -0.4 is 9.47 Å². The molecule has 0 aliphatic carbocycles. The van der Waals surface area contributed by atoms with Crippen molar-refractivity contribution in [2.24, 2.45) is 5.92 Å². The number of rotatable bonds is 10. The summed E-state index contributed by atoms with van der Waals surface area (Å²) in [5.74, 6) is -2.07. The summed E-state index contributed by atoms with van der Waals surface area (Å²) in [6.45, 7) is 16.8. The van der Waals surface area contributed by atoms with E-state index in [-0.39, 0.29) is 29.8 Å². The highest BCUT2D eigenvalue weighted by molar-refractivity contribution is 5.87. The highest BCUT2D eigenvalue weighted by Gasteiger charge is 2.52. The molecule has 1 aliphatic rings. The van der Waals surface area contributed by atoms with Crippen LogP contribution in [0.5, 0.6) is 11.5 Å². The smallest absolute Gasteiger partial charge is 0.334 e. The molecule has 0 bridgehead atoms. The van der Waals surface area contributed by atoms with E-state index in [2.05, 4.69) is 0 Å². The number of hydrogen-bond acceptors (Lipinski definition) is 10. The van der Waals surface area contributed by atoms with Gasteiger partial charge < -0.3 is 28.4 Å². The SMILES string of the molecule is CC=C(C)C(=O)OC1C(Oc2c(C(C)C)ccc(C)c2OC(C)=O)OC(C)C(OC(C)=O)C1OC(=O)CC(C)C. The van der Waals surface area contributed by atoms with Crippen molar-refractivity contribution in [2.45, 2.75) is 112 Å². The first-order chi connectivity index (χ1) is 18.7. The first-order valence-corrected chi connectivity index (χ1v) is 13.5. The molecule has 1 fully saturated rings. The lowest BCUT2D eigenvalue weighted by Gasteiger charge is -2.43. The van der Waals surface area contributed by atoms with Gasteiger partial charge in [0.05, 0.1) is 6.10 Å². The van der Waals surface area contributed by atoms with E-state index in [1.54, 1.807) is 33.8 Å². The van der Waals surface area contributed by atoms with Crippen LogP contribution in [0.1, 0.15) is 85.8 Å². The fourth-order valence-electron chi connectivity index (χ4n) is 4.19. The molecule has 0 amide bonds. The molecule has 1 saturated heterocycles. The van der Waals surface area contributed by atoms with Gasteiger partial charge in [0.1, 0.15) is 0 Å². The third-order valence-corrected chi connectivity index (χ3v) is 6.31. The Bertz CT molecular complexity index is 1120. The zero-order chi connectivity index (χ0) is 30.3. The van der Waals surface area contributed by atoms with Crippen molar-refractivity contribution in [1.82, 2.24) is 0 Å². The van der Waals surface area contributed by atoms with Crippen LogP contribution in [0.15, 0.2) is 23.8 Å². The molecule has 1 aliphatic heterocycles. The molecule has 0 aromatic heterocycles. The Labute approximate surface area is 236 Å². The standard InChI is InChI=1S/C30H42O10/c1-11-17(6)29(34)39-28-27(38-23(33)14-15(2)3)25(37-21(10)32)19(8)35-30(28)40-26-22(16(4)5)13-12-18(7)24(26)36-20(9)31/h11-13,15-16,19,25,27-28,30H,14H2,1-10H3. The first kappa shape index (κ1) is 32.8. The fraction of sp³-hybridized carbons (Fsp3) is 0.600. The maximum Gasteiger partial charge on any atom is 0.334 e. The molecule has 222 valence electrons. The summed E-state index contributed by atoms with van der Waals surface area (Å²) in [5.41, 5.74) is 1.64. The van der Waals surface area contributed by atoms with Crippen molar-refractivity contribution in [1.29, 1.82) is 0 Å². The lowest BCUT2D eigenvalue weighted by molar-refractivity contribution is -0.280. The second kappa shape index (κ2) is 14.3. The number of allylic oxidation sites excluding steroid dienone is 1. The Morgan fingerprint density at radius 2 is 1.55 bits per heavy atom. The topological polar surface area (TPSA) is 124 Å². The zero-order valence-electron chi connectivity index (χ0n) is 25.1. The molecule has 0 saturated carbocycles. The lowest BCUT2D eigenvalue weighted by atomic mass is 9.97. The van der Waals surface area contributed by atoms with E-state index in [1.807, 2.05) is 39.8 Å². The Kier molecular flexibility index (Phi) is 11.7. The molecular weight excluding hydrogens is 520 g/mol. The van der Waals surface area contributed by atoms with E-state index in [0.29, 0.717) is 16.7 Å². The fourth-order valence-corrected chi connectivity index (χ4v) is 4.19. The summed E-state index contributed by atoms with van der Waals surface area (Å²) in [5, 5.41) is 0. The predicted molar refractivity (Wildman–Crippen MR) is 146 cm³/mol. The van der Waals surface area contributed by atoms with Gasteiger partial charge in [-0.3, -0.25) is 14.4 Å². The molecule has 0 radical (unpaired) electrons. The number of hydrogen-bond donors (Lipinski definition) is 0. The quantitative estimate of drug-likeness (QED) is 0.168. The molecule has 5 atom stereocenters. The van der Waals surface area contributed by atoms with Crippen molar-refractivity contribution in [3.63, 3.8) is 0 Å². The van der Waals surface area contributed by atoms with Crippen LogP contribution >= 0.6 is 0 Å². The molecule has 10 heteroatoms. The first-order valence-electron chi connectivity index (χ1n) is 13.5. The highest BCUT2D eigenvalue weighted by Crippen LogP contribution is 2.41. The summed E-state index contributed by atoms with van der Waals surface area (Å²) in [7, 11) is 0. The van der Waals surface area contributed by atoms with Crippen molar-refractivity contribution >= 4 is 23.9 Å². The maximum absolute atomic E-state index is 13.0. The van der Waals surface area contributed by atoms with Crippen molar-refractivity contribution in [2.75, 3.05) is 0 Å². The van der Waals surface area contributed by atoms with E-state index in [0.717, 1.165) is 0 Å². The molecule has 0 N–H and O–H groups in total. The monoisotopic (exact) mass is 562 g/mol. The molecule has 1 aromatic carbocycles. The van der Waals surface area contributed by atoms with Gasteiger partial charge in [-0.25, -0.2) is 4.79 Å². The largest absolute Gasteiger partial charge is 0.456 e. The molecule has 1 aromatic rings. The molecule has 5 unspecified atom stereocenters. The molecule has 0 spiro atoms. The normalized spacial score (nSPS) is 23.0. The van der Waals surface area contributed by atoms with Crippen molar-refractivity contribution < 1.29 is 47.6 Å². The van der Waals surface area contributed by atoms with Gasteiger partial charge >= 0.3 is 23.9 Å². The van der Waals surface area contributed by atoms with Gasteiger partial charge in [-0.1, -0.05) is 45.9 Å². The molecular formula is C30H42O10. The highest BCUT2D eigenvalue weighted by atomic mass is 16.7. The van der Waals surface area contributed by atoms with Gasteiger partial charge in [0, 0.05) is 31.4 Å². The van der Waals surface area contributed by atoms with E-state index >= 15 is 0 Å². The van der Waals surface area contributed by atoms with Gasteiger partial charge in [-0.05, 0) is 45.1 Å². The van der Waals surface area contributed by atoms with E-state index < -0.39 is 54.6 Å². The van der Waals surface area contributed by atoms with Crippen LogP contribution in [0.4, 0.5) is 0 Å². The summed E-state index contributed by atoms with van der Waals surface area (Å²) in [4.78, 5) is 49.8. The molecule has 40 heavy (non-hydrogen) atoms.